The summed E-state index contributed by atoms with van der Waals surface area (Å²) in [6.45, 7) is 3.68. The molecule has 0 atom stereocenters. The van der Waals surface area contributed by atoms with Gasteiger partial charge in [0.25, 0.3) is 0 Å². The van der Waals surface area contributed by atoms with Crippen molar-refractivity contribution in [1.29, 1.82) is 0 Å². The molecular formula is C10H11ClO3. The largest absolute Gasteiger partial charge is 0.505 e. The maximum absolute atomic E-state index is 11.4. The van der Waals surface area contributed by atoms with E-state index in [1.807, 2.05) is 0 Å². The third-order valence-corrected chi connectivity index (χ3v) is 2.12. The smallest absolute Gasteiger partial charge is 0.342 e. The van der Waals surface area contributed by atoms with Crippen molar-refractivity contribution in [3.63, 3.8) is 0 Å². The summed E-state index contributed by atoms with van der Waals surface area (Å²) in [7, 11) is 0. The van der Waals surface area contributed by atoms with E-state index in [0.29, 0.717) is 5.56 Å². The number of aryl methyl sites for hydroxylation is 1. The lowest BCUT2D eigenvalue weighted by molar-refractivity contribution is 0.0522. The molecule has 0 radical (unpaired) electrons. The SMILES string of the molecule is CCOC(=O)c1c(C)ccc(Cl)c1O. The van der Waals surface area contributed by atoms with E-state index in [4.69, 9.17) is 16.3 Å². The van der Waals surface area contributed by atoms with E-state index in [1.165, 1.54) is 6.07 Å². The van der Waals surface area contributed by atoms with Crippen molar-refractivity contribution < 1.29 is 14.6 Å². The van der Waals surface area contributed by atoms with Crippen LogP contribution in [-0.2, 0) is 4.74 Å². The molecule has 0 aliphatic carbocycles. The standard InChI is InChI=1S/C10H11ClO3/c1-3-14-10(13)8-6(2)4-5-7(11)9(8)12/h4-5,12H,3H2,1-2H3. The number of ether oxygens (including phenoxy) is 1. The third-order valence-electron chi connectivity index (χ3n) is 1.82. The highest BCUT2D eigenvalue weighted by molar-refractivity contribution is 6.32. The van der Waals surface area contributed by atoms with Crippen molar-refractivity contribution in [1.82, 2.24) is 0 Å². The molecule has 4 heteroatoms. The van der Waals surface area contributed by atoms with Crippen LogP contribution in [0.5, 0.6) is 5.75 Å². The average Bonchev–Trinajstić information content (AvgIpc) is 2.13. The fourth-order valence-corrected chi connectivity index (χ4v) is 1.29. The van der Waals surface area contributed by atoms with Crippen molar-refractivity contribution in [2.45, 2.75) is 13.8 Å². The number of hydrogen-bond donors (Lipinski definition) is 1. The van der Waals surface area contributed by atoms with Crippen molar-refractivity contribution >= 4 is 17.6 Å². The molecule has 0 heterocycles. The molecule has 1 aromatic carbocycles. The highest BCUT2D eigenvalue weighted by Crippen LogP contribution is 2.30. The quantitative estimate of drug-likeness (QED) is 0.770. The monoisotopic (exact) mass is 214 g/mol. The van der Waals surface area contributed by atoms with E-state index in [-0.39, 0.29) is 22.9 Å². The van der Waals surface area contributed by atoms with E-state index in [2.05, 4.69) is 0 Å². The van der Waals surface area contributed by atoms with Crippen LogP contribution in [0.3, 0.4) is 0 Å². The molecular weight excluding hydrogens is 204 g/mol. The first-order chi connectivity index (χ1) is 6.57. The number of phenols is 1. The molecule has 3 nitrogen and oxygen atoms in total. The summed E-state index contributed by atoms with van der Waals surface area (Å²) in [5, 5.41) is 9.69. The molecule has 0 aliphatic rings. The molecule has 14 heavy (non-hydrogen) atoms. The maximum atomic E-state index is 11.4. The summed E-state index contributed by atoms with van der Waals surface area (Å²) >= 11 is 5.67. The van der Waals surface area contributed by atoms with Gasteiger partial charge in [0, 0.05) is 0 Å². The average molecular weight is 215 g/mol. The Balaban J connectivity index is 3.18. The Hall–Kier alpha value is -1.22. The van der Waals surface area contributed by atoms with Crippen LogP contribution in [0.4, 0.5) is 0 Å². The fraction of sp³-hybridized carbons (Fsp3) is 0.300. The first kappa shape index (κ1) is 10.9. The van der Waals surface area contributed by atoms with Crippen LogP contribution in [0.25, 0.3) is 0 Å². The van der Waals surface area contributed by atoms with E-state index < -0.39 is 5.97 Å². The number of aromatic hydroxyl groups is 1. The Morgan fingerprint density at radius 2 is 2.21 bits per heavy atom. The number of rotatable bonds is 2. The number of phenolic OH excluding ortho intramolecular Hbond substituents is 1. The number of carbonyl (C=O) groups excluding carboxylic acids is 1. The molecule has 0 aliphatic heterocycles. The van der Waals surface area contributed by atoms with Gasteiger partial charge in [0.15, 0.2) is 0 Å². The van der Waals surface area contributed by atoms with Gasteiger partial charge in [-0.05, 0) is 25.5 Å². The molecule has 1 aromatic rings. The molecule has 1 rings (SSSR count). The minimum Gasteiger partial charge on any atom is -0.505 e. The number of esters is 1. The Bertz CT molecular complexity index is 361. The van der Waals surface area contributed by atoms with Gasteiger partial charge in [-0.2, -0.15) is 0 Å². The van der Waals surface area contributed by atoms with Gasteiger partial charge >= 0.3 is 5.97 Å². The second kappa shape index (κ2) is 4.33. The highest BCUT2D eigenvalue weighted by Gasteiger charge is 2.17. The van der Waals surface area contributed by atoms with Gasteiger partial charge in [-0.1, -0.05) is 17.7 Å². The molecule has 0 spiro atoms. The molecule has 0 fully saturated rings. The maximum Gasteiger partial charge on any atom is 0.342 e. The first-order valence-electron chi connectivity index (χ1n) is 4.23. The van der Waals surface area contributed by atoms with E-state index in [9.17, 15) is 9.90 Å². The normalized spacial score (nSPS) is 9.93. The summed E-state index contributed by atoms with van der Waals surface area (Å²) in [6.07, 6.45) is 0. The van der Waals surface area contributed by atoms with Crippen molar-refractivity contribution in [2.75, 3.05) is 6.61 Å². The molecule has 0 saturated heterocycles. The van der Waals surface area contributed by atoms with Gasteiger partial charge in [-0.3, -0.25) is 0 Å². The van der Waals surface area contributed by atoms with Crippen LogP contribution in [0.15, 0.2) is 12.1 Å². The molecule has 1 N–H and O–H groups in total. The topological polar surface area (TPSA) is 46.5 Å². The highest BCUT2D eigenvalue weighted by atomic mass is 35.5. The zero-order valence-electron chi connectivity index (χ0n) is 8.00. The summed E-state index contributed by atoms with van der Waals surface area (Å²) in [6, 6.07) is 3.20. The van der Waals surface area contributed by atoms with Crippen molar-refractivity contribution in [2.24, 2.45) is 0 Å². The van der Waals surface area contributed by atoms with Crippen LogP contribution in [-0.4, -0.2) is 17.7 Å². The minimum absolute atomic E-state index is 0.138. The van der Waals surface area contributed by atoms with Crippen LogP contribution < -0.4 is 0 Å². The van der Waals surface area contributed by atoms with Gasteiger partial charge in [0.1, 0.15) is 11.3 Å². The second-order valence-corrected chi connectivity index (χ2v) is 3.22. The number of benzene rings is 1. The lowest BCUT2D eigenvalue weighted by atomic mass is 10.1. The van der Waals surface area contributed by atoms with Crippen LogP contribution in [0, 0.1) is 6.92 Å². The molecule has 0 amide bonds. The van der Waals surface area contributed by atoms with Gasteiger partial charge in [0.05, 0.1) is 11.6 Å². The molecule has 76 valence electrons. The number of carbonyl (C=O) groups is 1. The second-order valence-electron chi connectivity index (χ2n) is 2.81. The first-order valence-corrected chi connectivity index (χ1v) is 4.61. The Labute approximate surface area is 87.3 Å². The summed E-state index contributed by atoms with van der Waals surface area (Å²) in [5.41, 5.74) is 0.782. The van der Waals surface area contributed by atoms with Gasteiger partial charge < -0.3 is 9.84 Å². The Morgan fingerprint density at radius 1 is 1.57 bits per heavy atom. The zero-order chi connectivity index (χ0) is 10.7. The van der Waals surface area contributed by atoms with Gasteiger partial charge in [0.2, 0.25) is 0 Å². The zero-order valence-corrected chi connectivity index (χ0v) is 8.76. The number of halogens is 1. The van der Waals surface area contributed by atoms with Crippen molar-refractivity contribution in [3.8, 4) is 5.75 Å². The summed E-state index contributed by atoms with van der Waals surface area (Å²) < 4.78 is 4.79. The summed E-state index contributed by atoms with van der Waals surface area (Å²) in [4.78, 5) is 11.4. The van der Waals surface area contributed by atoms with Crippen LogP contribution in [0.1, 0.15) is 22.8 Å². The lowest BCUT2D eigenvalue weighted by Gasteiger charge is -2.08. The van der Waals surface area contributed by atoms with E-state index in [1.54, 1.807) is 19.9 Å². The van der Waals surface area contributed by atoms with Gasteiger partial charge in [-0.25, -0.2) is 4.79 Å². The Kier molecular flexibility index (Phi) is 3.36. The predicted molar refractivity (Wildman–Crippen MR) is 53.8 cm³/mol. The molecule has 0 unspecified atom stereocenters. The molecule has 0 aromatic heterocycles. The fourth-order valence-electron chi connectivity index (χ4n) is 1.13. The number of hydrogen-bond acceptors (Lipinski definition) is 3. The molecule has 0 saturated carbocycles. The van der Waals surface area contributed by atoms with E-state index in [0.717, 1.165) is 0 Å². The minimum atomic E-state index is -0.551. The summed E-state index contributed by atoms with van der Waals surface area (Å²) in [5.74, 6) is -0.768. The molecule has 0 bridgehead atoms. The predicted octanol–water partition coefficient (Wildman–Crippen LogP) is 2.53. The third kappa shape index (κ3) is 1.99. The Morgan fingerprint density at radius 3 is 2.79 bits per heavy atom. The lowest BCUT2D eigenvalue weighted by Crippen LogP contribution is -2.07. The van der Waals surface area contributed by atoms with Gasteiger partial charge in [-0.15, -0.1) is 0 Å². The van der Waals surface area contributed by atoms with E-state index >= 15 is 0 Å². The van der Waals surface area contributed by atoms with Crippen LogP contribution >= 0.6 is 11.6 Å². The van der Waals surface area contributed by atoms with Crippen molar-refractivity contribution in [3.05, 3.63) is 28.3 Å². The van der Waals surface area contributed by atoms with Crippen LogP contribution in [0.2, 0.25) is 5.02 Å².